The maximum absolute atomic E-state index is 12.2. The Bertz CT molecular complexity index is 704. The van der Waals surface area contributed by atoms with Crippen LogP contribution in [0.1, 0.15) is 59.8 Å². The first-order valence-electron chi connectivity index (χ1n) is 9.03. The van der Waals surface area contributed by atoms with Gasteiger partial charge >= 0.3 is 0 Å². The average Bonchev–Trinajstić information content (AvgIpc) is 2.55. The van der Waals surface area contributed by atoms with Crippen molar-refractivity contribution in [2.24, 2.45) is 0 Å². The second-order valence-electron chi connectivity index (χ2n) is 6.88. The fourth-order valence-electron chi connectivity index (χ4n) is 2.55. The smallest absolute Gasteiger partial charge is 0.178 e. The van der Waals surface area contributed by atoms with Crippen molar-refractivity contribution in [1.82, 2.24) is 0 Å². The molecule has 1 rings (SSSR count). The Balaban J connectivity index is 2.38. The van der Waals surface area contributed by atoms with E-state index in [1.807, 2.05) is 6.07 Å². The molecule has 0 bridgehead atoms. The van der Waals surface area contributed by atoms with E-state index in [0.717, 1.165) is 25.7 Å². The van der Waals surface area contributed by atoms with Gasteiger partial charge in [0.25, 0.3) is 0 Å². The van der Waals surface area contributed by atoms with Crippen LogP contribution >= 0.6 is 0 Å². The molecule has 0 heterocycles. The molecule has 0 atom stereocenters. The van der Waals surface area contributed by atoms with Crippen LogP contribution in [-0.4, -0.2) is 14.2 Å². The van der Waals surface area contributed by atoms with Crippen molar-refractivity contribution in [3.63, 3.8) is 0 Å². The summed E-state index contributed by atoms with van der Waals surface area (Å²) in [5.41, 5.74) is 4.06. The third-order valence-electron chi connectivity index (χ3n) is 4.10. The second-order valence-corrected chi connectivity index (χ2v) is 8.99. The molecule has 1 aromatic rings. The fourth-order valence-corrected chi connectivity index (χ4v) is 3.78. The number of sulfone groups is 1. The minimum atomic E-state index is -3.17. The number of allylic oxidation sites excluding steroid dienone is 6. The lowest BCUT2D eigenvalue weighted by Gasteiger charge is -2.04. The fraction of sp³-hybridized carbons (Fsp3) is 0.455. The van der Waals surface area contributed by atoms with Gasteiger partial charge < -0.3 is 0 Å². The molecule has 0 aliphatic rings. The summed E-state index contributed by atoms with van der Waals surface area (Å²) in [6.45, 7) is 8.53. The Hall–Kier alpha value is -1.61. The van der Waals surface area contributed by atoms with Crippen LogP contribution in [0.15, 0.2) is 70.2 Å². The van der Waals surface area contributed by atoms with Crippen LogP contribution < -0.4 is 0 Å². The van der Waals surface area contributed by atoms with Gasteiger partial charge in [0.15, 0.2) is 9.84 Å². The van der Waals surface area contributed by atoms with Crippen LogP contribution in [0.25, 0.3) is 0 Å². The molecule has 25 heavy (non-hydrogen) atoms. The molecule has 2 nitrogen and oxygen atoms in total. The predicted molar refractivity (Wildman–Crippen MR) is 109 cm³/mol. The van der Waals surface area contributed by atoms with Crippen molar-refractivity contribution in [2.75, 3.05) is 5.75 Å². The molecule has 0 N–H and O–H groups in total. The maximum atomic E-state index is 12.2. The molecule has 0 fully saturated rings. The Morgan fingerprint density at radius 2 is 1.32 bits per heavy atom. The van der Waals surface area contributed by atoms with Gasteiger partial charge in [0.05, 0.1) is 10.6 Å². The standard InChI is InChI=1S/C22H32O2S/c1-19(2)11-8-12-20(3)13-9-14-21(4)15-10-18-25(23,24)22-16-6-5-7-17-22/h5-7,11,13,15-17H,8-10,12,14,18H2,1-4H3/b20-13+,21-15+. The number of hydrogen-bond donors (Lipinski definition) is 0. The first-order chi connectivity index (χ1) is 11.8. The van der Waals surface area contributed by atoms with Gasteiger partial charge in [-0.25, -0.2) is 8.42 Å². The normalized spacial score (nSPS) is 13.0. The molecule has 0 aliphatic carbocycles. The van der Waals surface area contributed by atoms with Crippen molar-refractivity contribution in [2.45, 2.75) is 64.7 Å². The molecule has 138 valence electrons. The zero-order chi connectivity index (χ0) is 18.7. The molecular weight excluding hydrogens is 328 g/mol. The van der Waals surface area contributed by atoms with E-state index in [1.165, 1.54) is 16.7 Å². The van der Waals surface area contributed by atoms with Gasteiger partial charge in [-0.1, -0.05) is 53.1 Å². The summed E-state index contributed by atoms with van der Waals surface area (Å²) in [5, 5.41) is 0. The Kier molecular flexibility index (Phi) is 9.51. The lowest BCUT2D eigenvalue weighted by Crippen LogP contribution is -2.05. The summed E-state index contributed by atoms with van der Waals surface area (Å²) in [5.74, 6) is 0.173. The summed E-state index contributed by atoms with van der Waals surface area (Å²) >= 11 is 0. The van der Waals surface area contributed by atoms with Crippen LogP contribution in [0.3, 0.4) is 0 Å². The van der Waals surface area contributed by atoms with E-state index in [2.05, 4.69) is 45.9 Å². The van der Waals surface area contributed by atoms with E-state index in [-0.39, 0.29) is 5.75 Å². The molecule has 1 aromatic carbocycles. The number of benzene rings is 1. The lowest BCUT2D eigenvalue weighted by molar-refractivity contribution is 0.595. The molecular formula is C22H32O2S. The van der Waals surface area contributed by atoms with Gasteiger partial charge in [-0.3, -0.25) is 0 Å². The zero-order valence-corrected chi connectivity index (χ0v) is 16.9. The highest BCUT2D eigenvalue weighted by Crippen LogP contribution is 2.14. The molecule has 0 aliphatic heterocycles. The molecule has 3 heteroatoms. The van der Waals surface area contributed by atoms with Crippen molar-refractivity contribution < 1.29 is 8.42 Å². The second kappa shape index (κ2) is 11.1. The summed E-state index contributed by atoms with van der Waals surface area (Å²) < 4.78 is 24.4. The van der Waals surface area contributed by atoms with E-state index in [4.69, 9.17) is 0 Å². The van der Waals surface area contributed by atoms with Gasteiger partial charge in [-0.15, -0.1) is 0 Å². The van der Waals surface area contributed by atoms with Crippen molar-refractivity contribution in [1.29, 1.82) is 0 Å². The van der Waals surface area contributed by atoms with Gasteiger partial charge in [0, 0.05) is 0 Å². The van der Waals surface area contributed by atoms with Crippen molar-refractivity contribution in [3.8, 4) is 0 Å². The van der Waals surface area contributed by atoms with Gasteiger partial charge in [-0.2, -0.15) is 0 Å². The highest BCUT2D eigenvalue weighted by Gasteiger charge is 2.12. The third-order valence-corrected chi connectivity index (χ3v) is 5.87. The van der Waals surface area contributed by atoms with E-state index < -0.39 is 9.84 Å². The summed E-state index contributed by atoms with van der Waals surface area (Å²) in [7, 11) is -3.17. The predicted octanol–water partition coefficient (Wildman–Crippen LogP) is 6.27. The third kappa shape index (κ3) is 9.45. The molecule has 0 saturated carbocycles. The van der Waals surface area contributed by atoms with Crippen molar-refractivity contribution in [3.05, 3.63) is 65.3 Å². The minimum Gasteiger partial charge on any atom is -0.224 e. The van der Waals surface area contributed by atoms with Crippen LogP contribution in [0.4, 0.5) is 0 Å². The Labute approximate surface area is 154 Å². The first-order valence-corrected chi connectivity index (χ1v) is 10.7. The molecule has 0 radical (unpaired) electrons. The molecule has 0 aromatic heterocycles. The quantitative estimate of drug-likeness (QED) is 0.461. The summed E-state index contributed by atoms with van der Waals surface area (Å²) in [4.78, 5) is 0.413. The van der Waals surface area contributed by atoms with Gasteiger partial charge in [-0.05, 0) is 71.9 Å². The highest BCUT2D eigenvalue weighted by atomic mass is 32.2. The molecule has 0 unspecified atom stereocenters. The number of hydrogen-bond acceptors (Lipinski definition) is 2. The van der Waals surface area contributed by atoms with Crippen LogP contribution in [0.5, 0.6) is 0 Å². The Morgan fingerprint density at radius 1 is 0.800 bits per heavy atom. The maximum Gasteiger partial charge on any atom is 0.178 e. The van der Waals surface area contributed by atoms with Crippen molar-refractivity contribution >= 4 is 9.84 Å². The van der Waals surface area contributed by atoms with E-state index >= 15 is 0 Å². The van der Waals surface area contributed by atoms with Gasteiger partial charge in [0.2, 0.25) is 0 Å². The average molecular weight is 361 g/mol. The molecule has 0 amide bonds. The lowest BCUT2D eigenvalue weighted by atomic mass is 10.1. The van der Waals surface area contributed by atoms with Crippen LogP contribution in [-0.2, 0) is 9.84 Å². The topological polar surface area (TPSA) is 34.1 Å². The minimum absolute atomic E-state index is 0.173. The highest BCUT2D eigenvalue weighted by molar-refractivity contribution is 7.91. The number of rotatable bonds is 10. The largest absolute Gasteiger partial charge is 0.224 e. The monoisotopic (exact) mass is 360 g/mol. The first kappa shape index (κ1) is 21.4. The molecule has 0 saturated heterocycles. The van der Waals surface area contributed by atoms with E-state index in [9.17, 15) is 8.42 Å². The SMILES string of the molecule is CC(C)=CCC/C(C)=C/CC/C(C)=C/CCS(=O)(=O)c1ccccc1. The zero-order valence-electron chi connectivity index (χ0n) is 16.1. The van der Waals surface area contributed by atoms with E-state index in [0.29, 0.717) is 11.3 Å². The van der Waals surface area contributed by atoms with Crippen LogP contribution in [0.2, 0.25) is 0 Å². The molecule has 0 spiro atoms. The van der Waals surface area contributed by atoms with Crippen LogP contribution in [0, 0.1) is 0 Å². The Morgan fingerprint density at radius 3 is 1.88 bits per heavy atom. The summed E-state index contributed by atoms with van der Waals surface area (Å²) in [6.07, 6.45) is 11.5. The van der Waals surface area contributed by atoms with E-state index in [1.54, 1.807) is 24.3 Å². The summed E-state index contributed by atoms with van der Waals surface area (Å²) in [6, 6.07) is 8.68. The van der Waals surface area contributed by atoms with Gasteiger partial charge in [0.1, 0.15) is 0 Å².